The van der Waals surface area contributed by atoms with Gasteiger partial charge >= 0.3 is 0 Å². The lowest BCUT2D eigenvalue weighted by molar-refractivity contribution is -0.107. The first-order valence-electron chi connectivity index (χ1n) is 5.86. The molecule has 1 aromatic rings. The molecule has 94 valence electrons. The van der Waals surface area contributed by atoms with E-state index in [0.717, 1.165) is 18.8 Å². The predicted molar refractivity (Wildman–Crippen MR) is 64.1 cm³/mol. The Morgan fingerprint density at radius 3 is 2.94 bits per heavy atom. The molecule has 0 amide bonds. The number of ether oxygens (including phenoxy) is 2. The second kappa shape index (κ2) is 4.98. The number of hydrogen-bond acceptors (Lipinski definition) is 5. The molecule has 2 rings (SSSR count). The van der Waals surface area contributed by atoms with Gasteiger partial charge in [-0.1, -0.05) is 0 Å². The van der Waals surface area contributed by atoms with Crippen LogP contribution in [-0.2, 0) is 4.74 Å². The standard InChI is InChI=1S/C12H19N3O2/c1-9-11(15-5-4-14-9)16-7-10-6-13-8-12(2,3)17-10/h4-5,10,13H,6-8H2,1-3H3. The fraction of sp³-hybridized carbons (Fsp3) is 0.667. The number of hydrogen-bond donors (Lipinski definition) is 1. The van der Waals surface area contributed by atoms with Gasteiger partial charge in [-0.15, -0.1) is 0 Å². The molecule has 5 heteroatoms. The minimum atomic E-state index is -0.135. The summed E-state index contributed by atoms with van der Waals surface area (Å²) in [5.41, 5.74) is 0.666. The van der Waals surface area contributed by atoms with E-state index < -0.39 is 0 Å². The van der Waals surface area contributed by atoms with Gasteiger partial charge < -0.3 is 14.8 Å². The molecule has 0 aromatic carbocycles. The minimum Gasteiger partial charge on any atom is -0.474 e. The topological polar surface area (TPSA) is 56.3 Å². The van der Waals surface area contributed by atoms with Crippen molar-refractivity contribution < 1.29 is 9.47 Å². The van der Waals surface area contributed by atoms with E-state index in [-0.39, 0.29) is 11.7 Å². The molecular weight excluding hydrogens is 218 g/mol. The van der Waals surface area contributed by atoms with Crippen molar-refractivity contribution in [3.8, 4) is 5.88 Å². The molecule has 1 aromatic heterocycles. The van der Waals surface area contributed by atoms with E-state index >= 15 is 0 Å². The SMILES string of the molecule is Cc1nccnc1OCC1CNCC(C)(C)O1. The van der Waals surface area contributed by atoms with E-state index in [1.165, 1.54) is 0 Å². The van der Waals surface area contributed by atoms with Crippen molar-refractivity contribution >= 4 is 0 Å². The van der Waals surface area contributed by atoms with Gasteiger partial charge in [-0.2, -0.15) is 0 Å². The first-order valence-corrected chi connectivity index (χ1v) is 5.86. The van der Waals surface area contributed by atoms with Crippen molar-refractivity contribution in [1.29, 1.82) is 0 Å². The van der Waals surface area contributed by atoms with Crippen molar-refractivity contribution in [1.82, 2.24) is 15.3 Å². The van der Waals surface area contributed by atoms with E-state index in [9.17, 15) is 0 Å². The number of morpholine rings is 1. The van der Waals surface area contributed by atoms with Gasteiger partial charge in [0.05, 0.1) is 11.3 Å². The average molecular weight is 237 g/mol. The second-order valence-corrected chi connectivity index (χ2v) is 4.89. The van der Waals surface area contributed by atoms with Gasteiger partial charge in [-0.3, -0.25) is 4.98 Å². The summed E-state index contributed by atoms with van der Waals surface area (Å²) in [5, 5.41) is 3.33. The monoisotopic (exact) mass is 237 g/mol. The van der Waals surface area contributed by atoms with Gasteiger partial charge in [0, 0.05) is 25.5 Å². The van der Waals surface area contributed by atoms with Gasteiger partial charge in [-0.25, -0.2) is 4.98 Å². The summed E-state index contributed by atoms with van der Waals surface area (Å²) in [7, 11) is 0. The second-order valence-electron chi connectivity index (χ2n) is 4.89. The Balaban J connectivity index is 1.88. The predicted octanol–water partition coefficient (Wildman–Crippen LogP) is 0.931. The molecule has 0 saturated carbocycles. The zero-order chi connectivity index (χ0) is 12.3. The molecule has 1 N–H and O–H groups in total. The molecule has 17 heavy (non-hydrogen) atoms. The lowest BCUT2D eigenvalue weighted by Crippen LogP contribution is -2.52. The van der Waals surface area contributed by atoms with Crippen LogP contribution < -0.4 is 10.1 Å². The Hall–Kier alpha value is -1.20. The summed E-state index contributed by atoms with van der Waals surface area (Å²) in [6.45, 7) is 8.19. The highest BCUT2D eigenvalue weighted by Crippen LogP contribution is 2.16. The normalized spacial score (nSPS) is 23.4. The van der Waals surface area contributed by atoms with Crippen LogP contribution in [0.3, 0.4) is 0 Å². The van der Waals surface area contributed by atoms with Crippen LogP contribution in [0, 0.1) is 6.92 Å². The summed E-state index contributed by atoms with van der Waals surface area (Å²) in [6, 6.07) is 0. The highest BCUT2D eigenvalue weighted by atomic mass is 16.6. The van der Waals surface area contributed by atoms with E-state index in [4.69, 9.17) is 9.47 Å². The number of aryl methyl sites for hydroxylation is 1. The maximum Gasteiger partial charge on any atom is 0.235 e. The van der Waals surface area contributed by atoms with Crippen LogP contribution in [0.15, 0.2) is 12.4 Å². The maximum absolute atomic E-state index is 5.90. The van der Waals surface area contributed by atoms with Crippen LogP contribution in [0.1, 0.15) is 19.5 Å². The van der Waals surface area contributed by atoms with Crippen molar-refractivity contribution in [2.45, 2.75) is 32.5 Å². The molecule has 0 aliphatic carbocycles. The molecule has 1 atom stereocenters. The highest BCUT2D eigenvalue weighted by Gasteiger charge is 2.28. The van der Waals surface area contributed by atoms with E-state index in [2.05, 4.69) is 29.1 Å². The zero-order valence-electron chi connectivity index (χ0n) is 10.6. The van der Waals surface area contributed by atoms with Gasteiger partial charge in [0.25, 0.3) is 0 Å². The van der Waals surface area contributed by atoms with Gasteiger partial charge in [-0.05, 0) is 20.8 Å². The van der Waals surface area contributed by atoms with Crippen molar-refractivity contribution in [2.75, 3.05) is 19.7 Å². The number of aromatic nitrogens is 2. The zero-order valence-corrected chi connectivity index (χ0v) is 10.6. The molecule has 0 spiro atoms. The quantitative estimate of drug-likeness (QED) is 0.847. The molecule has 2 heterocycles. The van der Waals surface area contributed by atoms with Gasteiger partial charge in [0.2, 0.25) is 5.88 Å². The van der Waals surface area contributed by atoms with Crippen LogP contribution in [-0.4, -0.2) is 41.4 Å². The first-order chi connectivity index (χ1) is 8.07. The summed E-state index contributed by atoms with van der Waals surface area (Å²) in [5.74, 6) is 0.583. The molecule has 1 aliphatic rings. The number of nitrogens with one attached hydrogen (secondary N) is 1. The van der Waals surface area contributed by atoms with Crippen LogP contribution in [0.4, 0.5) is 0 Å². The van der Waals surface area contributed by atoms with E-state index in [1.807, 2.05) is 6.92 Å². The van der Waals surface area contributed by atoms with Crippen LogP contribution in [0.5, 0.6) is 5.88 Å². The minimum absolute atomic E-state index is 0.0557. The Labute approximate surface area is 102 Å². The lowest BCUT2D eigenvalue weighted by atomic mass is 10.1. The van der Waals surface area contributed by atoms with E-state index in [1.54, 1.807) is 12.4 Å². The summed E-state index contributed by atoms with van der Waals surface area (Å²) >= 11 is 0. The fourth-order valence-corrected chi connectivity index (χ4v) is 1.87. The van der Waals surface area contributed by atoms with Crippen LogP contribution >= 0.6 is 0 Å². The molecule has 0 bridgehead atoms. The Morgan fingerprint density at radius 1 is 1.47 bits per heavy atom. The maximum atomic E-state index is 5.90. The average Bonchev–Trinajstić information content (AvgIpc) is 2.27. The first kappa shape index (κ1) is 12.3. The van der Waals surface area contributed by atoms with Crippen LogP contribution in [0.2, 0.25) is 0 Å². The Morgan fingerprint density at radius 2 is 2.24 bits per heavy atom. The third-order valence-electron chi connectivity index (χ3n) is 2.65. The van der Waals surface area contributed by atoms with Crippen molar-refractivity contribution in [3.05, 3.63) is 18.1 Å². The third kappa shape index (κ3) is 3.38. The molecule has 1 unspecified atom stereocenters. The van der Waals surface area contributed by atoms with Crippen molar-refractivity contribution in [3.63, 3.8) is 0 Å². The highest BCUT2D eigenvalue weighted by molar-refractivity contribution is 5.14. The molecular formula is C12H19N3O2. The Kier molecular flexibility index (Phi) is 3.59. The number of rotatable bonds is 3. The third-order valence-corrected chi connectivity index (χ3v) is 2.65. The molecule has 0 radical (unpaired) electrons. The molecule has 5 nitrogen and oxygen atoms in total. The Bertz CT molecular complexity index is 382. The largest absolute Gasteiger partial charge is 0.474 e. The van der Waals surface area contributed by atoms with Gasteiger partial charge in [0.15, 0.2) is 0 Å². The molecule has 1 fully saturated rings. The summed E-state index contributed by atoms with van der Waals surface area (Å²) in [4.78, 5) is 8.27. The molecule has 1 saturated heterocycles. The van der Waals surface area contributed by atoms with Gasteiger partial charge in [0.1, 0.15) is 12.7 Å². The van der Waals surface area contributed by atoms with Crippen LogP contribution in [0.25, 0.3) is 0 Å². The fourth-order valence-electron chi connectivity index (χ4n) is 1.87. The number of nitrogens with zero attached hydrogens (tertiary/aromatic N) is 2. The summed E-state index contributed by atoms with van der Waals surface area (Å²) in [6.07, 6.45) is 3.34. The summed E-state index contributed by atoms with van der Waals surface area (Å²) < 4.78 is 11.5. The smallest absolute Gasteiger partial charge is 0.235 e. The molecule has 1 aliphatic heterocycles. The van der Waals surface area contributed by atoms with Crippen molar-refractivity contribution in [2.24, 2.45) is 0 Å². The van der Waals surface area contributed by atoms with E-state index in [0.29, 0.717) is 12.5 Å². The lowest BCUT2D eigenvalue weighted by Gasteiger charge is -2.36.